The first-order chi connectivity index (χ1) is 13.8. The number of morpholine rings is 1. The van der Waals surface area contributed by atoms with Crippen LogP contribution in [0.5, 0.6) is 11.5 Å². The molecule has 0 radical (unpaired) electrons. The summed E-state index contributed by atoms with van der Waals surface area (Å²) in [5, 5.41) is 3.63. The Bertz CT molecular complexity index is 702. The molecule has 1 fully saturated rings. The largest absolute Gasteiger partial charge is 0.493 e. The van der Waals surface area contributed by atoms with Crippen LogP contribution in [0.4, 0.5) is 0 Å². The van der Waals surface area contributed by atoms with Crippen LogP contribution in [0.1, 0.15) is 30.5 Å². The van der Waals surface area contributed by atoms with E-state index in [9.17, 15) is 0 Å². The summed E-state index contributed by atoms with van der Waals surface area (Å²) < 4.78 is 16.8. The molecule has 0 saturated carbocycles. The Hall–Kier alpha value is -2.08. The molecule has 2 aromatic carbocycles. The molecule has 1 aliphatic rings. The number of ether oxygens (including phenoxy) is 3. The third-order valence-corrected chi connectivity index (χ3v) is 5.03. The lowest BCUT2D eigenvalue weighted by Crippen LogP contribution is -2.42. The van der Waals surface area contributed by atoms with E-state index in [4.69, 9.17) is 14.2 Å². The SMILES string of the molecule is CCCOc1ccc(CNCC(c2ccccc2)N2CCOCC2)cc1OC. The topological polar surface area (TPSA) is 43.0 Å². The molecule has 0 bridgehead atoms. The molecule has 1 N–H and O–H groups in total. The van der Waals surface area contributed by atoms with E-state index in [0.717, 1.165) is 57.3 Å². The second kappa shape index (κ2) is 11.1. The van der Waals surface area contributed by atoms with Crippen LogP contribution in [0.25, 0.3) is 0 Å². The molecule has 1 aliphatic heterocycles. The van der Waals surface area contributed by atoms with Gasteiger partial charge in [-0.1, -0.05) is 43.3 Å². The number of methoxy groups -OCH3 is 1. The Balaban J connectivity index is 1.62. The van der Waals surface area contributed by atoms with Crippen molar-refractivity contribution in [3.05, 3.63) is 59.7 Å². The van der Waals surface area contributed by atoms with Gasteiger partial charge in [-0.2, -0.15) is 0 Å². The van der Waals surface area contributed by atoms with Gasteiger partial charge in [0, 0.05) is 32.2 Å². The number of hydrogen-bond acceptors (Lipinski definition) is 5. The van der Waals surface area contributed by atoms with Crippen molar-refractivity contribution in [2.24, 2.45) is 0 Å². The third kappa shape index (κ3) is 5.71. The summed E-state index contributed by atoms with van der Waals surface area (Å²) >= 11 is 0. The Morgan fingerprint density at radius 1 is 1.07 bits per heavy atom. The molecule has 0 aromatic heterocycles. The zero-order valence-electron chi connectivity index (χ0n) is 17.0. The van der Waals surface area contributed by atoms with Crippen LogP contribution < -0.4 is 14.8 Å². The first-order valence-corrected chi connectivity index (χ1v) is 10.2. The predicted molar refractivity (Wildman–Crippen MR) is 112 cm³/mol. The van der Waals surface area contributed by atoms with E-state index in [1.165, 1.54) is 11.1 Å². The first kappa shape index (κ1) is 20.6. The summed E-state index contributed by atoms with van der Waals surface area (Å²) in [5.41, 5.74) is 2.53. The number of nitrogens with zero attached hydrogens (tertiary/aromatic N) is 1. The van der Waals surface area contributed by atoms with Crippen LogP contribution in [0.15, 0.2) is 48.5 Å². The summed E-state index contributed by atoms with van der Waals surface area (Å²) in [7, 11) is 1.69. The van der Waals surface area contributed by atoms with Gasteiger partial charge in [0.25, 0.3) is 0 Å². The monoisotopic (exact) mass is 384 g/mol. The van der Waals surface area contributed by atoms with Gasteiger partial charge < -0.3 is 19.5 Å². The van der Waals surface area contributed by atoms with E-state index in [0.29, 0.717) is 12.6 Å². The van der Waals surface area contributed by atoms with Gasteiger partial charge in [-0.05, 0) is 29.7 Å². The van der Waals surface area contributed by atoms with Gasteiger partial charge in [-0.15, -0.1) is 0 Å². The summed E-state index contributed by atoms with van der Waals surface area (Å²) in [6.07, 6.45) is 0.981. The lowest BCUT2D eigenvalue weighted by Gasteiger charge is -2.35. The molecule has 1 atom stereocenters. The number of nitrogens with one attached hydrogen (secondary N) is 1. The molecule has 3 rings (SSSR count). The van der Waals surface area contributed by atoms with E-state index in [2.05, 4.69) is 59.6 Å². The second-order valence-corrected chi connectivity index (χ2v) is 7.04. The van der Waals surface area contributed by atoms with Gasteiger partial charge in [-0.3, -0.25) is 4.90 Å². The maximum atomic E-state index is 5.75. The molecule has 0 aliphatic carbocycles. The van der Waals surface area contributed by atoms with Crippen molar-refractivity contribution in [2.75, 3.05) is 46.6 Å². The lowest BCUT2D eigenvalue weighted by atomic mass is 10.0. The molecular weight excluding hydrogens is 352 g/mol. The predicted octanol–water partition coefficient (Wildman–Crippen LogP) is 3.65. The van der Waals surface area contributed by atoms with Gasteiger partial charge >= 0.3 is 0 Å². The Morgan fingerprint density at radius 3 is 2.57 bits per heavy atom. The van der Waals surface area contributed by atoms with Crippen molar-refractivity contribution in [1.29, 1.82) is 0 Å². The van der Waals surface area contributed by atoms with Crippen molar-refractivity contribution in [2.45, 2.75) is 25.9 Å². The van der Waals surface area contributed by atoms with E-state index in [-0.39, 0.29) is 0 Å². The van der Waals surface area contributed by atoms with Gasteiger partial charge in [0.1, 0.15) is 0 Å². The van der Waals surface area contributed by atoms with Crippen LogP contribution in [-0.2, 0) is 11.3 Å². The highest BCUT2D eigenvalue weighted by atomic mass is 16.5. The molecule has 5 nitrogen and oxygen atoms in total. The van der Waals surface area contributed by atoms with E-state index >= 15 is 0 Å². The zero-order chi connectivity index (χ0) is 19.6. The minimum Gasteiger partial charge on any atom is -0.493 e. The van der Waals surface area contributed by atoms with Crippen molar-refractivity contribution < 1.29 is 14.2 Å². The summed E-state index contributed by atoms with van der Waals surface area (Å²) in [6, 6.07) is 17.2. The smallest absolute Gasteiger partial charge is 0.161 e. The molecule has 0 spiro atoms. The first-order valence-electron chi connectivity index (χ1n) is 10.2. The molecule has 1 unspecified atom stereocenters. The Morgan fingerprint density at radius 2 is 1.86 bits per heavy atom. The molecule has 28 heavy (non-hydrogen) atoms. The van der Waals surface area contributed by atoms with Crippen LogP contribution >= 0.6 is 0 Å². The number of hydrogen-bond donors (Lipinski definition) is 1. The van der Waals surface area contributed by atoms with E-state index < -0.39 is 0 Å². The molecular formula is C23H32N2O3. The van der Waals surface area contributed by atoms with Crippen LogP contribution in [0.2, 0.25) is 0 Å². The Labute approximate surface area is 168 Å². The van der Waals surface area contributed by atoms with Gasteiger partial charge in [0.2, 0.25) is 0 Å². The van der Waals surface area contributed by atoms with Crippen LogP contribution in [0, 0.1) is 0 Å². The number of benzene rings is 2. The molecule has 1 heterocycles. The molecule has 5 heteroatoms. The highest BCUT2D eigenvalue weighted by molar-refractivity contribution is 5.43. The fourth-order valence-corrected chi connectivity index (χ4v) is 3.53. The quantitative estimate of drug-likeness (QED) is 0.677. The van der Waals surface area contributed by atoms with Crippen molar-refractivity contribution in [1.82, 2.24) is 10.2 Å². The molecule has 1 saturated heterocycles. The molecule has 2 aromatic rings. The van der Waals surface area contributed by atoms with Crippen LogP contribution in [-0.4, -0.2) is 51.5 Å². The van der Waals surface area contributed by atoms with E-state index in [1.807, 2.05) is 6.07 Å². The minimum atomic E-state index is 0.346. The summed E-state index contributed by atoms with van der Waals surface area (Å²) in [4.78, 5) is 2.51. The fourth-order valence-electron chi connectivity index (χ4n) is 3.53. The second-order valence-electron chi connectivity index (χ2n) is 7.04. The summed E-state index contributed by atoms with van der Waals surface area (Å²) in [5.74, 6) is 1.60. The van der Waals surface area contributed by atoms with Crippen LogP contribution in [0.3, 0.4) is 0 Å². The van der Waals surface area contributed by atoms with E-state index in [1.54, 1.807) is 7.11 Å². The normalized spacial score (nSPS) is 15.9. The van der Waals surface area contributed by atoms with Gasteiger partial charge in [0.15, 0.2) is 11.5 Å². The maximum absolute atomic E-state index is 5.75. The standard InChI is InChI=1S/C23H32N2O3/c1-3-13-28-22-10-9-19(16-23(22)26-2)17-24-18-21(20-7-5-4-6-8-20)25-11-14-27-15-12-25/h4-10,16,21,24H,3,11-15,17-18H2,1-2H3. The maximum Gasteiger partial charge on any atom is 0.161 e. The number of rotatable bonds is 10. The van der Waals surface area contributed by atoms with Crippen molar-refractivity contribution in [3.8, 4) is 11.5 Å². The summed E-state index contributed by atoms with van der Waals surface area (Å²) in [6.45, 7) is 8.03. The third-order valence-electron chi connectivity index (χ3n) is 5.03. The average Bonchev–Trinajstić information content (AvgIpc) is 2.76. The fraction of sp³-hybridized carbons (Fsp3) is 0.478. The molecule has 0 amide bonds. The average molecular weight is 385 g/mol. The van der Waals surface area contributed by atoms with Gasteiger partial charge in [0.05, 0.1) is 26.9 Å². The minimum absolute atomic E-state index is 0.346. The van der Waals surface area contributed by atoms with Gasteiger partial charge in [-0.25, -0.2) is 0 Å². The zero-order valence-corrected chi connectivity index (χ0v) is 17.0. The molecule has 152 valence electrons. The lowest BCUT2D eigenvalue weighted by molar-refractivity contribution is 0.0161. The highest BCUT2D eigenvalue weighted by Gasteiger charge is 2.22. The Kier molecular flexibility index (Phi) is 8.15. The van der Waals surface area contributed by atoms with Crippen molar-refractivity contribution >= 4 is 0 Å². The van der Waals surface area contributed by atoms with Crippen molar-refractivity contribution in [3.63, 3.8) is 0 Å². The highest BCUT2D eigenvalue weighted by Crippen LogP contribution is 2.28.